The standard InChI is InChI=1S/C30H33N5O2S/c1-19-17-30(2,3)34(4)25-14-9-20(16-23(19)25)28-27(24-8-6-7-15-31-24)33-29(38)35(28)22-12-10-21(11-13-22)32-26(36)18-37-5/h6-17,27-28H,18H2,1-5H3,(H,32,36)(H,33,38)/t27-,28+/m1/s1. The monoisotopic (exact) mass is 527 g/mol. The van der Waals surface area contributed by atoms with Crippen molar-refractivity contribution < 1.29 is 9.53 Å². The third-order valence-corrected chi connectivity index (χ3v) is 7.70. The van der Waals surface area contributed by atoms with Gasteiger partial charge in [-0.1, -0.05) is 18.2 Å². The maximum Gasteiger partial charge on any atom is 0.250 e. The number of carbonyl (C=O) groups is 1. The van der Waals surface area contributed by atoms with Gasteiger partial charge in [0.05, 0.1) is 23.3 Å². The van der Waals surface area contributed by atoms with E-state index in [1.165, 1.54) is 23.9 Å². The van der Waals surface area contributed by atoms with E-state index in [9.17, 15) is 4.79 Å². The molecule has 0 aliphatic carbocycles. The van der Waals surface area contributed by atoms with Crippen LogP contribution in [0.25, 0.3) is 5.57 Å². The Labute approximate surface area is 229 Å². The summed E-state index contributed by atoms with van der Waals surface area (Å²) in [5.41, 5.74) is 7.33. The number of hydrogen-bond donors (Lipinski definition) is 2. The number of rotatable bonds is 6. The van der Waals surface area contributed by atoms with Crippen LogP contribution in [0.15, 0.2) is 72.9 Å². The van der Waals surface area contributed by atoms with Crippen molar-refractivity contribution in [2.24, 2.45) is 0 Å². The maximum absolute atomic E-state index is 12.0. The molecule has 2 aliphatic rings. The third-order valence-electron chi connectivity index (χ3n) is 7.39. The van der Waals surface area contributed by atoms with E-state index in [0.29, 0.717) is 10.8 Å². The van der Waals surface area contributed by atoms with E-state index >= 15 is 0 Å². The molecule has 3 aromatic rings. The van der Waals surface area contributed by atoms with E-state index in [0.717, 1.165) is 16.9 Å². The number of ether oxygens (including phenoxy) is 1. The van der Waals surface area contributed by atoms with Crippen molar-refractivity contribution in [2.45, 2.75) is 38.4 Å². The Morgan fingerprint density at radius 2 is 1.92 bits per heavy atom. The molecule has 2 N–H and O–H groups in total. The minimum atomic E-state index is -0.197. The molecule has 2 aliphatic heterocycles. The van der Waals surface area contributed by atoms with Gasteiger partial charge in [-0.3, -0.25) is 9.78 Å². The number of hydrogen-bond acceptors (Lipinski definition) is 5. The van der Waals surface area contributed by atoms with E-state index in [-0.39, 0.29) is 30.1 Å². The molecule has 0 unspecified atom stereocenters. The van der Waals surface area contributed by atoms with Crippen molar-refractivity contribution in [3.8, 4) is 0 Å². The summed E-state index contributed by atoms with van der Waals surface area (Å²) in [6.07, 6.45) is 4.13. The van der Waals surface area contributed by atoms with E-state index < -0.39 is 0 Å². The molecule has 7 nitrogen and oxygen atoms in total. The topological polar surface area (TPSA) is 69.7 Å². The normalized spacial score (nSPS) is 20.0. The molecule has 196 valence electrons. The predicted molar refractivity (Wildman–Crippen MR) is 157 cm³/mol. The van der Waals surface area contributed by atoms with Crippen LogP contribution in [0, 0.1) is 0 Å². The van der Waals surface area contributed by atoms with Gasteiger partial charge in [0.25, 0.3) is 0 Å². The summed E-state index contributed by atoms with van der Waals surface area (Å²) in [7, 11) is 3.64. The fourth-order valence-electron chi connectivity index (χ4n) is 5.37. The van der Waals surface area contributed by atoms with Gasteiger partial charge in [-0.15, -0.1) is 0 Å². The van der Waals surface area contributed by atoms with Crippen LogP contribution in [0.4, 0.5) is 17.1 Å². The molecular weight excluding hydrogens is 494 g/mol. The Hall–Kier alpha value is -3.75. The number of thiocarbonyl (C=S) groups is 1. The minimum absolute atomic E-state index is 0.00821. The van der Waals surface area contributed by atoms with Crippen molar-refractivity contribution >= 4 is 45.9 Å². The van der Waals surface area contributed by atoms with Gasteiger partial charge >= 0.3 is 0 Å². The highest BCUT2D eigenvalue weighted by Crippen LogP contribution is 2.45. The van der Waals surface area contributed by atoms with Crippen LogP contribution in [0.5, 0.6) is 0 Å². The zero-order valence-corrected chi connectivity index (χ0v) is 23.2. The fourth-order valence-corrected chi connectivity index (χ4v) is 5.71. The second-order valence-corrected chi connectivity index (χ2v) is 10.7. The highest BCUT2D eigenvalue weighted by molar-refractivity contribution is 7.80. The number of nitrogens with zero attached hydrogens (tertiary/aromatic N) is 3. The number of pyridine rings is 1. The molecule has 0 spiro atoms. The highest BCUT2D eigenvalue weighted by atomic mass is 32.1. The largest absolute Gasteiger partial charge is 0.375 e. The number of likely N-dealkylation sites (N-methyl/N-ethyl adjacent to an activating group) is 1. The lowest BCUT2D eigenvalue weighted by Crippen LogP contribution is -2.42. The van der Waals surface area contributed by atoms with Gasteiger partial charge in [-0.25, -0.2) is 0 Å². The van der Waals surface area contributed by atoms with Crippen LogP contribution in [0.2, 0.25) is 0 Å². The first-order valence-electron chi connectivity index (χ1n) is 12.7. The van der Waals surface area contributed by atoms with Crippen LogP contribution in [0.3, 0.4) is 0 Å². The summed E-state index contributed by atoms with van der Waals surface area (Å²) in [5.74, 6) is -0.197. The molecule has 8 heteroatoms. The second kappa shape index (κ2) is 10.2. The first kappa shape index (κ1) is 25.9. The van der Waals surface area contributed by atoms with E-state index in [1.807, 2.05) is 48.7 Å². The summed E-state index contributed by atoms with van der Waals surface area (Å²) in [6, 6.07) is 20.1. The summed E-state index contributed by atoms with van der Waals surface area (Å²) in [5, 5.41) is 7.00. The van der Waals surface area contributed by atoms with Crippen molar-refractivity contribution in [1.82, 2.24) is 10.3 Å². The van der Waals surface area contributed by atoms with E-state index in [1.54, 1.807) is 0 Å². The number of nitrogens with one attached hydrogen (secondary N) is 2. The lowest BCUT2D eigenvalue weighted by molar-refractivity contribution is -0.119. The summed E-state index contributed by atoms with van der Waals surface area (Å²) >= 11 is 5.89. The fraction of sp³-hybridized carbons (Fsp3) is 0.300. The van der Waals surface area contributed by atoms with Crippen LogP contribution in [-0.4, -0.2) is 42.3 Å². The molecule has 1 aromatic heterocycles. The van der Waals surface area contributed by atoms with Crippen LogP contribution < -0.4 is 20.4 Å². The number of anilines is 3. The maximum atomic E-state index is 12.0. The lowest BCUT2D eigenvalue weighted by atomic mass is 9.86. The molecular formula is C30H33N5O2S. The van der Waals surface area contributed by atoms with Crippen LogP contribution >= 0.6 is 12.2 Å². The van der Waals surface area contributed by atoms with Gasteiger partial charge in [0.15, 0.2) is 5.11 Å². The van der Waals surface area contributed by atoms with Gasteiger partial charge in [0.1, 0.15) is 6.61 Å². The molecule has 3 heterocycles. The van der Waals surface area contributed by atoms with Crippen molar-refractivity contribution in [3.05, 3.63) is 89.8 Å². The molecule has 2 atom stereocenters. The van der Waals surface area contributed by atoms with Crippen molar-refractivity contribution in [1.29, 1.82) is 0 Å². The number of fused-ring (bicyclic) bond motifs is 1. The quantitative estimate of drug-likeness (QED) is 0.412. The highest BCUT2D eigenvalue weighted by Gasteiger charge is 2.41. The van der Waals surface area contributed by atoms with Gasteiger partial charge in [0.2, 0.25) is 5.91 Å². The molecule has 0 radical (unpaired) electrons. The molecule has 2 aromatic carbocycles. The predicted octanol–water partition coefficient (Wildman–Crippen LogP) is 5.48. The molecule has 38 heavy (non-hydrogen) atoms. The lowest BCUT2D eigenvalue weighted by Gasteiger charge is -2.41. The van der Waals surface area contributed by atoms with Gasteiger partial charge in [-0.05, 0) is 92.7 Å². The SMILES string of the molecule is COCC(=O)Nc1ccc(N2C(=S)N[C@H](c3ccccn3)[C@@H]2c2ccc3c(c2)C(C)=CC(C)(C)N3C)cc1. The van der Waals surface area contributed by atoms with E-state index in [4.69, 9.17) is 17.0 Å². The Morgan fingerprint density at radius 3 is 2.61 bits per heavy atom. The van der Waals surface area contributed by atoms with Gasteiger partial charge in [-0.2, -0.15) is 0 Å². The Bertz CT molecular complexity index is 1390. The smallest absolute Gasteiger partial charge is 0.250 e. The van der Waals surface area contributed by atoms with Crippen LogP contribution in [0.1, 0.15) is 49.7 Å². The summed E-state index contributed by atoms with van der Waals surface area (Å²) in [4.78, 5) is 21.1. The number of amides is 1. The van der Waals surface area contributed by atoms with Crippen molar-refractivity contribution in [2.75, 3.05) is 35.9 Å². The summed E-state index contributed by atoms with van der Waals surface area (Å²) in [6.45, 7) is 6.65. The second-order valence-electron chi connectivity index (χ2n) is 10.3. The zero-order valence-electron chi connectivity index (χ0n) is 22.4. The van der Waals surface area contributed by atoms with Gasteiger partial charge in [0, 0.05) is 43.0 Å². The average Bonchev–Trinajstić information content (AvgIpc) is 3.25. The number of methoxy groups -OCH3 is 1. The van der Waals surface area contributed by atoms with Gasteiger partial charge < -0.3 is 25.2 Å². The van der Waals surface area contributed by atoms with E-state index in [2.05, 4.69) is 77.5 Å². The number of benzene rings is 2. The molecule has 5 rings (SSSR count). The molecule has 1 saturated heterocycles. The van der Waals surface area contributed by atoms with Crippen LogP contribution in [-0.2, 0) is 9.53 Å². The Kier molecular flexibility index (Phi) is 6.94. The number of allylic oxidation sites excluding steroid dienone is 1. The Balaban J connectivity index is 1.56. The molecule has 1 fully saturated rings. The van der Waals surface area contributed by atoms with Crippen molar-refractivity contribution in [3.63, 3.8) is 0 Å². The minimum Gasteiger partial charge on any atom is -0.375 e. The number of aromatic nitrogens is 1. The first-order chi connectivity index (χ1) is 18.2. The zero-order chi connectivity index (χ0) is 27.0. The molecule has 0 bridgehead atoms. The Morgan fingerprint density at radius 1 is 1.16 bits per heavy atom. The average molecular weight is 528 g/mol. The molecule has 1 amide bonds. The first-order valence-corrected chi connectivity index (χ1v) is 13.1. The molecule has 0 saturated carbocycles. The third kappa shape index (κ3) is 4.77. The summed E-state index contributed by atoms with van der Waals surface area (Å²) < 4.78 is 4.92. The number of carbonyl (C=O) groups excluding carboxylic acids is 1.